The van der Waals surface area contributed by atoms with E-state index >= 15 is 0 Å². The number of nitrogens with one attached hydrogen (secondary N) is 1. The number of H-pyrrole nitrogens is 1. The van der Waals surface area contributed by atoms with Gasteiger partial charge in [0.1, 0.15) is 0 Å². The van der Waals surface area contributed by atoms with Crippen molar-refractivity contribution in [2.45, 2.75) is 6.92 Å². The molecule has 0 spiro atoms. The number of aryl methyl sites for hydroxylation is 1. The summed E-state index contributed by atoms with van der Waals surface area (Å²) in [6, 6.07) is 18.9. The molecule has 6 heteroatoms. The zero-order valence-corrected chi connectivity index (χ0v) is 16.2. The van der Waals surface area contributed by atoms with Crippen molar-refractivity contribution in [2.24, 2.45) is 0 Å². The third-order valence-electron chi connectivity index (χ3n) is 4.79. The summed E-state index contributed by atoms with van der Waals surface area (Å²) in [6.07, 6.45) is 1.58. The highest BCUT2D eigenvalue weighted by atomic mass is 35.5. The molecule has 140 valence electrons. The van der Waals surface area contributed by atoms with Crippen molar-refractivity contribution >= 4 is 33.7 Å². The van der Waals surface area contributed by atoms with Gasteiger partial charge in [0.05, 0.1) is 21.9 Å². The smallest absolute Gasteiger partial charge is 0.209 e. The van der Waals surface area contributed by atoms with Crippen molar-refractivity contribution in [3.8, 4) is 22.5 Å². The molecule has 0 aliphatic heterocycles. The highest BCUT2D eigenvalue weighted by molar-refractivity contribution is 6.35. The Kier molecular flexibility index (Phi) is 4.11. The first-order valence-corrected chi connectivity index (χ1v) is 9.50. The summed E-state index contributed by atoms with van der Waals surface area (Å²) < 4.78 is 0. The fourth-order valence-corrected chi connectivity index (χ4v) is 3.68. The van der Waals surface area contributed by atoms with Crippen LogP contribution in [0.4, 0.5) is 0 Å². The second-order valence-corrected chi connectivity index (χ2v) is 7.22. The monoisotopic (exact) mass is 398 g/mol. The molecule has 0 fully saturated rings. The summed E-state index contributed by atoms with van der Waals surface area (Å²) in [7, 11) is 0. The lowest BCUT2D eigenvalue weighted by Gasteiger charge is -2.12. The van der Waals surface area contributed by atoms with E-state index < -0.39 is 0 Å². The zero-order valence-electron chi connectivity index (χ0n) is 15.5. The van der Waals surface area contributed by atoms with Gasteiger partial charge in [-0.05, 0) is 25.1 Å². The normalized spacial score (nSPS) is 11.2. The molecule has 3 aromatic heterocycles. The molecule has 2 aromatic carbocycles. The maximum absolute atomic E-state index is 12.4. The Bertz CT molecular complexity index is 1440. The number of nitrogens with zero attached hydrogens (tertiary/aromatic N) is 3. The Morgan fingerprint density at radius 3 is 2.45 bits per heavy atom. The first kappa shape index (κ1) is 17.5. The molecule has 0 aliphatic rings. The largest absolute Gasteiger partial charge is 0.345 e. The van der Waals surface area contributed by atoms with Gasteiger partial charge >= 0.3 is 0 Å². The SMILES string of the molecule is Cc1ccc2cc(-c3nc4c(=O)cc[nH]c4nc3-c3ccccc3)cc(Cl)c2n1. The molecular formula is C23H15ClN4O. The van der Waals surface area contributed by atoms with Gasteiger partial charge in [-0.15, -0.1) is 0 Å². The van der Waals surface area contributed by atoms with E-state index in [-0.39, 0.29) is 5.43 Å². The van der Waals surface area contributed by atoms with Crippen molar-refractivity contribution in [3.05, 3.63) is 87.8 Å². The van der Waals surface area contributed by atoms with E-state index in [0.717, 1.165) is 27.7 Å². The molecular weight excluding hydrogens is 384 g/mol. The van der Waals surface area contributed by atoms with Gasteiger partial charge in [-0.3, -0.25) is 9.78 Å². The number of hydrogen-bond donors (Lipinski definition) is 1. The van der Waals surface area contributed by atoms with Crippen LogP contribution in [0.2, 0.25) is 5.02 Å². The Hall–Kier alpha value is -3.57. The molecule has 0 atom stereocenters. The van der Waals surface area contributed by atoms with Crippen molar-refractivity contribution in [2.75, 3.05) is 0 Å². The highest BCUT2D eigenvalue weighted by Gasteiger charge is 2.16. The minimum absolute atomic E-state index is 0.184. The van der Waals surface area contributed by atoms with E-state index in [0.29, 0.717) is 27.6 Å². The molecule has 1 N–H and O–H groups in total. The lowest BCUT2D eigenvalue weighted by molar-refractivity contribution is 1.21. The summed E-state index contributed by atoms with van der Waals surface area (Å²) in [5.41, 5.74) is 5.16. The zero-order chi connectivity index (χ0) is 20.0. The molecule has 3 heterocycles. The van der Waals surface area contributed by atoms with Crippen LogP contribution in [-0.4, -0.2) is 19.9 Å². The summed E-state index contributed by atoms with van der Waals surface area (Å²) in [4.78, 5) is 29.3. The number of aromatic nitrogens is 4. The highest BCUT2D eigenvalue weighted by Crippen LogP contribution is 2.34. The second-order valence-electron chi connectivity index (χ2n) is 6.81. The van der Waals surface area contributed by atoms with Crippen LogP contribution in [0, 0.1) is 6.92 Å². The maximum Gasteiger partial charge on any atom is 0.209 e. The van der Waals surface area contributed by atoms with Gasteiger partial charge in [0.2, 0.25) is 5.43 Å². The Balaban J connectivity index is 1.86. The number of halogens is 1. The molecule has 0 saturated heterocycles. The predicted molar refractivity (Wildman–Crippen MR) is 116 cm³/mol. The van der Waals surface area contributed by atoms with Gasteiger partial charge < -0.3 is 4.98 Å². The van der Waals surface area contributed by atoms with Gasteiger partial charge in [-0.25, -0.2) is 9.97 Å². The van der Waals surface area contributed by atoms with Gasteiger partial charge in [-0.1, -0.05) is 48.0 Å². The van der Waals surface area contributed by atoms with Crippen molar-refractivity contribution in [1.29, 1.82) is 0 Å². The van der Waals surface area contributed by atoms with E-state index in [9.17, 15) is 4.79 Å². The number of rotatable bonds is 2. The van der Waals surface area contributed by atoms with E-state index in [1.165, 1.54) is 6.07 Å². The average molecular weight is 399 g/mol. The molecule has 0 unspecified atom stereocenters. The molecule has 0 saturated carbocycles. The van der Waals surface area contributed by atoms with Crippen LogP contribution < -0.4 is 5.43 Å². The van der Waals surface area contributed by atoms with Gasteiger partial charge in [0.15, 0.2) is 11.2 Å². The van der Waals surface area contributed by atoms with Crippen LogP contribution in [0.3, 0.4) is 0 Å². The maximum atomic E-state index is 12.4. The molecule has 0 bridgehead atoms. The van der Waals surface area contributed by atoms with Gasteiger partial charge in [0.25, 0.3) is 0 Å². The number of fused-ring (bicyclic) bond motifs is 2. The fourth-order valence-electron chi connectivity index (χ4n) is 3.41. The molecule has 5 aromatic rings. The van der Waals surface area contributed by atoms with Crippen molar-refractivity contribution in [1.82, 2.24) is 19.9 Å². The number of hydrogen-bond acceptors (Lipinski definition) is 4. The Morgan fingerprint density at radius 1 is 0.828 bits per heavy atom. The van der Waals surface area contributed by atoms with Gasteiger partial charge in [-0.2, -0.15) is 0 Å². The summed E-state index contributed by atoms with van der Waals surface area (Å²) in [5.74, 6) is 0. The van der Waals surface area contributed by atoms with E-state index in [1.807, 2.05) is 61.5 Å². The average Bonchev–Trinajstić information content (AvgIpc) is 2.74. The van der Waals surface area contributed by atoms with Crippen LogP contribution in [0.1, 0.15) is 5.69 Å². The topological polar surface area (TPSA) is 71.5 Å². The minimum Gasteiger partial charge on any atom is -0.345 e. The van der Waals surface area contributed by atoms with Crippen LogP contribution in [0.5, 0.6) is 0 Å². The summed E-state index contributed by atoms with van der Waals surface area (Å²) in [6.45, 7) is 1.93. The van der Waals surface area contributed by atoms with Crippen LogP contribution in [-0.2, 0) is 0 Å². The third kappa shape index (κ3) is 3.05. The first-order valence-electron chi connectivity index (χ1n) is 9.12. The predicted octanol–water partition coefficient (Wildman–Crippen LogP) is 5.16. The number of benzene rings is 2. The summed E-state index contributed by atoms with van der Waals surface area (Å²) in [5, 5.41) is 1.44. The third-order valence-corrected chi connectivity index (χ3v) is 5.08. The minimum atomic E-state index is -0.184. The summed E-state index contributed by atoms with van der Waals surface area (Å²) >= 11 is 6.55. The fraction of sp³-hybridized carbons (Fsp3) is 0.0435. The first-order chi connectivity index (χ1) is 14.1. The molecule has 5 rings (SSSR count). The Labute approximate surface area is 171 Å². The van der Waals surface area contributed by atoms with Crippen molar-refractivity contribution < 1.29 is 0 Å². The molecule has 5 nitrogen and oxygen atoms in total. The van der Waals surface area contributed by atoms with Crippen LogP contribution >= 0.6 is 11.6 Å². The molecule has 0 aliphatic carbocycles. The quantitative estimate of drug-likeness (QED) is 0.445. The van der Waals surface area contributed by atoms with Crippen molar-refractivity contribution in [3.63, 3.8) is 0 Å². The van der Waals surface area contributed by atoms with Crippen LogP contribution in [0.25, 0.3) is 44.6 Å². The van der Waals surface area contributed by atoms with E-state index in [2.05, 4.69) is 9.97 Å². The van der Waals surface area contributed by atoms with Crippen LogP contribution in [0.15, 0.2) is 71.7 Å². The lowest BCUT2D eigenvalue weighted by atomic mass is 10.0. The van der Waals surface area contributed by atoms with E-state index in [4.69, 9.17) is 21.6 Å². The van der Waals surface area contributed by atoms with E-state index in [1.54, 1.807) is 6.20 Å². The van der Waals surface area contributed by atoms with Gasteiger partial charge in [0, 0.05) is 34.5 Å². The molecule has 29 heavy (non-hydrogen) atoms. The standard InChI is InChI=1S/C23H15ClN4O/c1-13-7-8-15-11-16(12-17(24)19(15)26-13)21-20(14-5-3-2-4-6-14)28-23-22(27-21)18(29)9-10-25-23/h2-12H,1H3,(H,25,28,29). The number of pyridine rings is 2. The molecule has 0 radical (unpaired) electrons. The number of aromatic amines is 1. The Morgan fingerprint density at radius 2 is 1.62 bits per heavy atom. The lowest BCUT2D eigenvalue weighted by Crippen LogP contribution is -2.06. The molecule has 0 amide bonds. The second kappa shape index (κ2) is 6.79.